The number of benzene rings is 1. The molecule has 5 nitrogen and oxygen atoms in total. The van der Waals surface area contributed by atoms with Gasteiger partial charge in [-0.05, 0) is 25.1 Å². The van der Waals surface area contributed by atoms with Gasteiger partial charge in [-0.3, -0.25) is 0 Å². The summed E-state index contributed by atoms with van der Waals surface area (Å²) in [4.78, 5) is 8.06. The van der Waals surface area contributed by atoms with Crippen LogP contribution in [0.2, 0.25) is 10.2 Å². The highest BCUT2D eigenvalue weighted by molar-refractivity contribution is 6.31. The smallest absolute Gasteiger partial charge is 0.255 e. The van der Waals surface area contributed by atoms with Gasteiger partial charge in [0.05, 0.1) is 5.02 Å². The van der Waals surface area contributed by atoms with Crippen molar-refractivity contribution in [3.8, 4) is 0 Å². The highest BCUT2D eigenvalue weighted by atomic mass is 35.5. The molecule has 0 atom stereocenters. The second-order valence-corrected chi connectivity index (χ2v) is 4.87. The maximum Gasteiger partial charge on any atom is 0.255 e. The van der Waals surface area contributed by atoms with E-state index in [9.17, 15) is 4.39 Å². The molecule has 2 heterocycles. The van der Waals surface area contributed by atoms with Gasteiger partial charge in [-0.1, -0.05) is 23.2 Å². The minimum atomic E-state index is -0.510. The first-order chi connectivity index (χ1) is 9.56. The molecule has 0 saturated heterocycles. The summed E-state index contributed by atoms with van der Waals surface area (Å²) in [6, 6.07) is 4.41. The van der Waals surface area contributed by atoms with Gasteiger partial charge in [-0.2, -0.15) is 19.6 Å². The molecule has 0 radical (unpaired) electrons. The number of nitrogens with zero attached hydrogens (tertiary/aromatic N) is 4. The van der Waals surface area contributed by atoms with Gasteiger partial charge in [-0.15, -0.1) is 0 Å². The van der Waals surface area contributed by atoms with Gasteiger partial charge >= 0.3 is 0 Å². The standard InChI is InChI=1S/C12H8Cl2FN5/c1-6-10(14)19-12-16-5-17-20(12)11(6)18-7-2-3-8(13)9(15)4-7/h2-5,18H,1H3. The van der Waals surface area contributed by atoms with Crippen LogP contribution in [0, 0.1) is 12.7 Å². The lowest BCUT2D eigenvalue weighted by atomic mass is 10.3. The van der Waals surface area contributed by atoms with Crippen LogP contribution in [-0.4, -0.2) is 19.6 Å². The van der Waals surface area contributed by atoms with E-state index in [1.807, 2.05) is 0 Å². The highest BCUT2D eigenvalue weighted by Crippen LogP contribution is 2.27. The van der Waals surface area contributed by atoms with Crippen LogP contribution >= 0.6 is 23.2 Å². The Bertz CT molecular complexity index is 802. The van der Waals surface area contributed by atoms with Crippen LogP contribution in [0.4, 0.5) is 15.9 Å². The normalized spacial score (nSPS) is 11.0. The second kappa shape index (κ2) is 4.88. The van der Waals surface area contributed by atoms with Crippen molar-refractivity contribution in [1.82, 2.24) is 19.6 Å². The lowest BCUT2D eigenvalue weighted by molar-refractivity contribution is 0.629. The number of aromatic nitrogens is 4. The molecule has 0 bridgehead atoms. The summed E-state index contributed by atoms with van der Waals surface area (Å²) in [5, 5.41) is 7.48. The SMILES string of the molecule is Cc1c(Cl)nc2ncnn2c1Nc1ccc(Cl)c(F)c1. The van der Waals surface area contributed by atoms with Crippen LogP contribution < -0.4 is 5.32 Å². The molecule has 1 N–H and O–H groups in total. The van der Waals surface area contributed by atoms with Crippen LogP contribution in [-0.2, 0) is 0 Å². The van der Waals surface area contributed by atoms with Gasteiger partial charge < -0.3 is 5.32 Å². The molecule has 0 aliphatic carbocycles. The predicted molar refractivity (Wildman–Crippen MR) is 75.2 cm³/mol. The summed E-state index contributed by atoms with van der Waals surface area (Å²) < 4.78 is 15.0. The largest absolute Gasteiger partial charge is 0.340 e. The maximum absolute atomic E-state index is 13.5. The van der Waals surface area contributed by atoms with E-state index in [1.165, 1.54) is 23.0 Å². The Morgan fingerprint density at radius 2 is 2.10 bits per heavy atom. The van der Waals surface area contributed by atoms with E-state index in [-0.39, 0.29) is 5.02 Å². The van der Waals surface area contributed by atoms with E-state index in [2.05, 4.69) is 20.4 Å². The molecule has 0 aliphatic heterocycles. The van der Waals surface area contributed by atoms with Crippen molar-refractivity contribution in [2.45, 2.75) is 6.92 Å². The van der Waals surface area contributed by atoms with Gasteiger partial charge in [0.25, 0.3) is 5.78 Å². The van der Waals surface area contributed by atoms with Crippen LogP contribution in [0.5, 0.6) is 0 Å². The number of nitrogens with one attached hydrogen (secondary N) is 1. The second-order valence-electron chi connectivity index (χ2n) is 4.10. The Hall–Kier alpha value is -1.92. The lowest BCUT2D eigenvalue weighted by Crippen LogP contribution is -2.05. The van der Waals surface area contributed by atoms with E-state index in [1.54, 1.807) is 13.0 Å². The number of hydrogen-bond donors (Lipinski definition) is 1. The Morgan fingerprint density at radius 1 is 1.30 bits per heavy atom. The molecule has 0 unspecified atom stereocenters. The van der Waals surface area contributed by atoms with E-state index >= 15 is 0 Å². The molecule has 8 heteroatoms. The lowest BCUT2D eigenvalue weighted by Gasteiger charge is -2.12. The minimum absolute atomic E-state index is 0.0611. The average molecular weight is 312 g/mol. The molecule has 0 fully saturated rings. The van der Waals surface area contributed by atoms with Crippen molar-refractivity contribution in [2.24, 2.45) is 0 Å². The minimum Gasteiger partial charge on any atom is -0.340 e. The molecular formula is C12H8Cl2FN5. The van der Waals surface area contributed by atoms with Gasteiger partial charge in [-0.25, -0.2) is 4.39 Å². The van der Waals surface area contributed by atoms with E-state index in [4.69, 9.17) is 23.2 Å². The zero-order valence-corrected chi connectivity index (χ0v) is 11.7. The zero-order valence-electron chi connectivity index (χ0n) is 10.2. The third-order valence-corrected chi connectivity index (χ3v) is 3.46. The first-order valence-electron chi connectivity index (χ1n) is 5.64. The first-order valence-corrected chi connectivity index (χ1v) is 6.40. The number of halogens is 3. The summed E-state index contributed by atoms with van der Waals surface area (Å²) in [7, 11) is 0. The van der Waals surface area contributed by atoms with Crippen LogP contribution in [0.1, 0.15) is 5.56 Å². The fraction of sp³-hybridized carbons (Fsp3) is 0.0833. The summed E-state index contributed by atoms with van der Waals surface area (Å²) >= 11 is 11.7. The van der Waals surface area contributed by atoms with Crippen molar-refractivity contribution in [2.75, 3.05) is 5.32 Å². The number of rotatable bonds is 2. The van der Waals surface area contributed by atoms with Gasteiger partial charge in [0.15, 0.2) is 0 Å². The summed E-state index contributed by atoms with van der Waals surface area (Å²) in [6.45, 7) is 1.78. The molecule has 3 rings (SSSR count). The molecule has 1 aromatic carbocycles. The Balaban J connectivity index is 2.11. The van der Waals surface area contributed by atoms with Crippen molar-refractivity contribution in [1.29, 1.82) is 0 Å². The third kappa shape index (κ3) is 2.17. The number of anilines is 2. The Morgan fingerprint density at radius 3 is 2.85 bits per heavy atom. The molecule has 0 saturated carbocycles. The maximum atomic E-state index is 13.5. The summed E-state index contributed by atoms with van der Waals surface area (Å²) in [5.41, 5.74) is 1.20. The molecule has 3 aromatic rings. The van der Waals surface area contributed by atoms with Gasteiger partial charge in [0, 0.05) is 11.3 Å². The monoisotopic (exact) mass is 311 g/mol. The summed E-state index contributed by atoms with van der Waals surface area (Å²) in [6.07, 6.45) is 1.37. The van der Waals surface area contributed by atoms with Gasteiger partial charge in [0.1, 0.15) is 23.1 Å². The van der Waals surface area contributed by atoms with Crippen LogP contribution in [0.25, 0.3) is 5.78 Å². The van der Waals surface area contributed by atoms with Crippen molar-refractivity contribution in [3.05, 3.63) is 46.1 Å². The predicted octanol–water partition coefficient (Wildman–Crippen LogP) is 3.62. The number of hydrogen-bond acceptors (Lipinski definition) is 4. The average Bonchev–Trinajstić information content (AvgIpc) is 2.87. The van der Waals surface area contributed by atoms with E-state index < -0.39 is 5.82 Å². The van der Waals surface area contributed by atoms with E-state index in [0.717, 1.165) is 0 Å². The third-order valence-electron chi connectivity index (χ3n) is 2.79. The molecule has 102 valence electrons. The highest BCUT2D eigenvalue weighted by Gasteiger charge is 2.13. The zero-order chi connectivity index (χ0) is 14.3. The fourth-order valence-corrected chi connectivity index (χ4v) is 2.04. The molecule has 20 heavy (non-hydrogen) atoms. The van der Waals surface area contributed by atoms with Crippen LogP contribution in [0.3, 0.4) is 0 Å². The molecular weight excluding hydrogens is 304 g/mol. The topological polar surface area (TPSA) is 55.1 Å². The van der Waals surface area contributed by atoms with Crippen LogP contribution in [0.15, 0.2) is 24.5 Å². The van der Waals surface area contributed by atoms with E-state index in [0.29, 0.717) is 28.0 Å². The van der Waals surface area contributed by atoms with Crippen molar-refractivity contribution < 1.29 is 4.39 Å². The van der Waals surface area contributed by atoms with Crippen molar-refractivity contribution in [3.63, 3.8) is 0 Å². The first kappa shape index (κ1) is 13.1. The number of fused-ring (bicyclic) bond motifs is 1. The Labute approximate surface area is 123 Å². The molecule has 0 spiro atoms. The molecule has 2 aromatic heterocycles. The summed E-state index contributed by atoms with van der Waals surface area (Å²) in [5.74, 6) is 0.418. The van der Waals surface area contributed by atoms with Crippen molar-refractivity contribution >= 4 is 40.5 Å². The quantitative estimate of drug-likeness (QED) is 0.734. The Kier molecular flexibility index (Phi) is 3.19. The fourth-order valence-electron chi connectivity index (χ4n) is 1.75. The molecule has 0 aliphatic rings. The molecule has 0 amide bonds. The van der Waals surface area contributed by atoms with Gasteiger partial charge in [0.2, 0.25) is 0 Å².